The van der Waals surface area contributed by atoms with Gasteiger partial charge in [0.15, 0.2) is 0 Å². The third-order valence-electron chi connectivity index (χ3n) is 5.04. The number of carbonyl (C=O) groups excluding carboxylic acids is 2. The SMILES string of the molecule is COC[C@@H]1CCCN1S(=O)(=O)c1cc(F)c2c(c1)C(=O)C(=O)N2CCCCF. The fourth-order valence-corrected chi connectivity index (χ4v) is 5.43. The molecule has 0 saturated carbocycles. The van der Waals surface area contributed by atoms with Crippen LogP contribution in [0.25, 0.3) is 0 Å². The number of sulfonamides is 1. The maximum absolute atomic E-state index is 14.8. The number of carbonyl (C=O) groups is 2. The number of alkyl halides is 1. The van der Waals surface area contributed by atoms with Crippen LogP contribution in [0.3, 0.4) is 0 Å². The highest BCUT2D eigenvalue weighted by molar-refractivity contribution is 7.89. The molecule has 0 spiro atoms. The van der Waals surface area contributed by atoms with Gasteiger partial charge in [0.2, 0.25) is 10.0 Å². The molecule has 1 amide bonds. The van der Waals surface area contributed by atoms with Crippen LogP contribution >= 0.6 is 0 Å². The molecule has 0 radical (unpaired) electrons. The molecule has 2 heterocycles. The van der Waals surface area contributed by atoms with Crippen molar-refractivity contribution in [3.8, 4) is 0 Å². The quantitative estimate of drug-likeness (QED) is 0.478. The van der Waals surface area contributed by atoms with Crippen molar-refractivity contribution in [3.05, 3.63) is 23.5 Å². The van der Waals surface area contributed by atoms with Crippen LogP contribution in [0.2, 0.25) is 0 Å². The van der Waals surface area contributed by atoms with Crippen LogP contribution in [-0.4, -0.2) is 63.9 Å². The zero-order chi connectivity index (χ0) is 20.5. The van der Waals surface area contributed by atoms with Crippen LogP contribution in [0.1, 0.15) is 36.0 Å². The van der Waals surface area contributed by atoms with Crippen LogP contribution in [0.4, 0.5) is 14.5 Å². The number of anilines is 1. The first-order valence-electron chi connectivity index (χ1n) is 9.09. The molecule has 28 heavy (non-hydrogen) atoms. The first-order valence-corrected chi connectivity index (χ1v) is 10.5. The number of fused-ring (bicyclic) bond motifs is 1. The Bertz CT molecular complexity index is 890. The molecule has 0 unspecified atom stereocenters. The van der Waals surface area contributed by atoms with E-state index in [0.717, 1.165) is 17.0 Å². The topological polar surface area (TPSA) is 84.0 Å². The molecule has 0 bridgehead atoms. The van der Waals surface area contributed by atoms with E-state index in [-0.39, 0.29) is 54.7 Å². The fourth-order valence-electron chi connectivity index (χ4n) is 3.71. The summed E-state index contributed by atoms with van der Waals surface area (Å²) >= 11 is 0. The Labute approximate surface area is 162 Å². The Morgan fingerprint density at radius 2 is 2.00 bits per heavy atom. The number of halogens is 2. The van der Waals surface area contributed by atoms with Gasteiger partial charge in [-0.1, -0.05) is 0 Å². The average molecular weight is 416 g/mol. The molecular weight excluding hydrogens is 394 g/mol. The van der Waals surface area contributed by atoms with Crippen LogP contribution in [0.5, 0.6) is 0 Å². The van der Waals surface area contributed by atoms with Crippen LogP contribution in [0.15, 0.2) is 17.0 Å². The van der Waals surface area contributed by atoms with Gasteiger partial charge in [0.1, 0.15) is 5.82 Å². The molecule has 7 nitrogen and oxygen atoms in total. The molecule has 154 valence electrons. The van der Waals surface area contributed by atoms with E-state index in [1.165, 1.54) is 11.4 Å². The minimum absolute atomic E-state index is 0.00739. The predicted molar refractivity (Wildman–Crippen MR) is 97.1 cm³/mol. The summed E-state index contributed by atoms with van der Waals surface area (Å²) in [6.07, 6.45) is 1.72. The Morgan fingerprint density at radius 3 is 2.68 bits per heavy atom. The van der Waals surface area contributed by atoms with Gasteiger partial charge in [-0.2, -0.15) is 4.31 Å². The lowest BCUT2D eigenvalue weighted by Gasteiger charge is -2.24. The van der Waals surface area contributed by atoms with Crippen molar-refractivity contribution < 1.29 is 31.5 Å². The highest BCUT2D eigenvalue weighted by Gasteiger charge is 2.41. The van der Waals surface area contributed by atoms with E-state index in [0.29, 0.717) is 12.8 Å². The molecule has 10 heteroatoms. The Hall–Kier alpha value is -1.91. The normalized spacial score (nSPS) is 20.2. The van der Waals surface area contributed by atoms with E-state index in [1.807, 2.05) is 0 Å². The van der Waals surface area contributed by atoms with Crippen molar-refractivity contribution in [2.45, 2.75) is 36.6 Å². The second kappa shape index (κ2) is 8.22. The third kappa shape index (κ3) is 3.56. The fraction of sp³-hybridized carbons (Fsp3) is 0.556. The van der Waals surface area contributed by atoms with Gasteiger partial charge in [-0.05, 0) is 37.8 Å². The zero-order valence-electron chi connectivity index (χ0n) is 15.5. The summed E-state index contributed by atoms with van der Waals surface area (Å²) in [5, 5.41) is 0. The van der Waals surface area contributed by atoms with E-state index >= 15 is 0 Å². The number of hydrogen-bond donors (Lipinski definition) is 0. The number of ether oxygens (including phenoxy) is 1. The molecule has 0 N–H and O–H groups in total. The number of nitrogens with zero attached hydrogens (tertiary/aromatic N) is 2. The summed E-state index contributed by atoms with van der Waals surface area (Å²) in [5.41, 5.74) is -0.506. The van der Waals surface area contributed by atoms with E-state index < -0.39 is 34.2 Å². The summed E-state index contributed by atoms with van der Waals surface area (Å²) in [5.74, 6) is -2.85. The number of methoxy groups -OCH3 is 1. The number of ketones is 1. The molecule has 1 saturated heterocycles. The van der Waals surface area contributed by atoms with Crippen molar-refractivity contribution in [3.63, 3.8) is 0 Å². The summed E-state index contributed by atoms with van der Waals surface area (Å²) in [4.78, 5) is 25.1. The standard InChI is InChI=1S/C18H22F2N2O5S/c1-27-11-12-5-4-8-22(12)28(25,26)13-9-14-16(15(20)10-13)21(7-3-2-6-19)18(24)17(14)23/h9-10,12H,2-8,11H2,1H3/t12-/m0/s1. The Morgan fingerprint density at radius 1 is 1.25 bits per heavy atom. The second-order valence-electron chi connectivity index (χ2n) is 6.85. The number of hydrogen-bond acceptors (Lipinski definition) is 5. The molecule has 1 atom stereocenters. The molecule has 2 aliphatic heterocycles. The maximum Gasteiger partial charge on any atom is 0.299 e. The van der Waals surface area contributed by atoms with Gasteiger partial charge in [-0.25, -0.2) is 12.8 Å². The Balaban J connectivity index is 1.97. The molecule has 0 aliphatic carbocycles. The predicted octanol–water partition coefficient (Wildman–Crippen LogP) is 1.90. The van der Waals surface area contributed by atoms with Gasteiger partial charge >= 0.3 is 0 Å². The number of rotatable bonds is 8. The molecule has 2 aliphatic rings. The third-order valence-corrected chi connectivity index (χ3v) is 6.97. The van der Waals surface area contributed by atoms with Crippen molar-refractivity contribution in [1.29, 1.82) is 0 Å². The highest BCUT2D eigenvalue weighted by atomic mass is 32.2. The summed E-state index contributed by atoms with van der Waals surface area (Å²) in [7, 11) is -2.58. The van der Waals surface area contributed by atoms with Crippen molar-refractivity contribution in [2.24, 2.45) is 0 Å². The number of unbranched alkanes of at least 4 members (excludes halogenated alkanes) is 1. The van der Waals surface area contributed by atoms with Gasteiger partial charge < -0.3 is 9.64 Å². The lowest BCUT2D eigenvalue weighted by molar-refractivity contribution is -0.114. The number of benzene rings is 1. The molecular formula is C18H22F2N2O5S. The molecule has 3 rings (SSSR count). The molecule has 1 aromatic rings. The lowest BCUT2D eigenvalue weighted by Crippen LogP contribution is -2.38. The Kier molecular flexibility index (Phi) is 6.11. The molecule has 1 aromatic carbocycles. The van der Waals surface area contributed by atoms with Crippen LogP contribution in [-0.2, 0) is 19.6 Å². The summed E-state index contributed by atoms with van der Waals surface area (Å²) < 4.78 is 59.4. The largest absolute Gasteiger partial charge is 0.383 e. The van der Waals surface area contributed by atoms with Gasteiger partial charge in [0.25, 0.3) is 11.7 Å². The van der Waals surface area contributed by atoms with Gasteiger partial charge in [0, 0.05) is 26.2 Å². The maximum atomic E-state index is 14.8. The van der Waals surface area contributed by atoms with E-state index in [9.17, 15) is 26.8 Å². The first kappa shape index (κ1) is 20.8. The number of Topliss-reactive ketones (excluding diaryl/α,β-unsaturated/α-hetero) is 1. The molecule has 0 aromatic heterocycles. The summed E-state index contributed by atoms with van der Waals surface area (Å²) in [6, 6.07) is 1.54. The van der Waals surface area contributed by atoms with Crippen LogP contribution < -0.4 is 4.90 Å². The second-order valence-corrected chi connectivity index (χ2v) is 8.74. The van der Waals surface area contributed by atoms with Crippen LogP contribution in [0, 0.1) is 5.82 Å². The van der Waals surface area contributed by atoms with Crippen molar-refractivity contribution >= 4 is 27.4 Å². The van der Waals surface area contributed by atoms with E-state index in [2.05, 4.69) is 0 Å². The first-order chi connectivity index (χ1) is 13.3. The summed E-state index contributed by atoms with van der Waals surface area (Å²) in [6.45, 7) is -0.1000. The number of amides is 1. The van der Waals surface area contributed by atoms with Crippen molar-refractivity contribution in [1.82, 2.24) is 4.31 Å². The minimum atomic E-state index is -4.05. The van der Waals surface area contributed by atoms with Gasteiger partial charge in [-0.15, -0.1) is 0 Å². The monoisotopic (exact) mass is 416 g/mol. The highest BCUT2D eigenvalue weighted by Crippen LogP contribution is 2.36. The lowest BCUT2D eigenvalue weighted by atomic mass is 10.1. The minimum Gasteiger partial charge on any atom is -0.383 e. The zero-order valence-corrected chi connectivity index (χ0v) is 16.3. The van der Waals surface area contributed by atoms with Gasteiger partial charge in [-0.3, -0.25) is 14.0 Å². The van der Waals surface area contributed by atoms with E-state index in [1.54, 1.807) is 0 Å². The molecule has 1 fully saturated rings. The average Bonchev–Trinajstić information content (AvgIpc) is 3.22. The van der Waals surface area contributed by atoms with E-state index in [4.69, 9.17) is 4.74 Å². The van der Waals surface area contributed by atoms with Crippen molar-refractivity contribution in [2.75, 3.05) is 38.4 Å². The van der Waals surface area contributed by atoms with Gasteiger partial charge in [0.05, 0.1) is 29.4 Å². The smallest absolute Gasteiger partial charge is 0.299 e.